The lowest BCUT2D eigenvalue weighted by Crippen LogP contribution is -2.27. The van der Waals surface area contributed by atoms with Gasteiger partial charge in [-0.2, -0.15) is 0 Å². The SMILES string of the molecule is CC(C)CC(O)CNCc1ccccc1N. The van der Waals surface area contributed by atoms with Crippen molar-refractivity contribution in [3.63, 3.8) is 0 Å². The molecule has 0 spiro atoms. The van der Waals surface area contributed by atoms with Gasteiger partial charge in [0.1, 0.15) is 0 Å². The normalized spacial score (nSPS) is 13.0. The zero-order chi connectivity index (χ0) is 12.0. The summed E-state index contributed by atoms with van der Waals surface area (Å²) < 4.78 is 0. The van der Waals surface area contributed by atoms with Gasteiger partial charge in [0.15, 0.2) is 0 Å². The Labute approximate surface area is 97.7 Å². The van der Waals surface area contributed by atoms with Gasteiger partial charge in [-0.1, -0.05) is 32.0 Å². The first kappa shape index (κ1) is 13.0. The van der Waals surface area contributed by atoms with Crippen LogP contribution in [0.1, 0.15) is 25.8 Å². The molecule has 0 fully saturated rings. The summed E-state index contributed by atoms with van der Waals surface area (Å²) in [5, 5.41) is 12.9. The van der Waals surface area contributed by atoms with E-state index >= 15 is 0 Å². The number of nitrogens with two attached hydrogens (primary N) is 1. The third-order valence-electron chi connectivity index (χ3n) is 2.49. The van der Waals surface area contributed by atoms with E-state index in [1.54, 1.807) is 0 Å². The van der Waals surface area contributed by atoms with Crippen molar-refractivity contribution in [2.45, 2.75) is 32.9 Å². The Kier molecular flexibility index (Phi) is 5.29. The highest BCUT2D eigenvalue weighted by atomic mass is 16.3. The summed E-state index contributed by atoms with van der Waals surface area (Å²) in [6.45, 7) is 5.55. The summed E-state index contributed by atoms with van der Waals surface area (Å²) in [6.07, 6.45) is 0.557. The number of rotatable bonds is 6. The molecular weight excluding hydrogens is 200 g/mol. The summed E-state index contributed by atoms with van der Waals surface area (Å²) in [5.74, 6) is 0.526. The highest BCUT2D eigenvalue weighted by Gasteiger charge is 2.06. The van der Waals surface area contributed by atoms with E-state index < -0.39 is 0 Å². The molecule has 0 saturated carbocycles. The number of nitrogens with one attached hydrogen (secondary N) is 1. The number of hydrogen-bond acceptors (Lipinski definition) is 3. The molecule has 16 heavy (non-hydrogen) atoms. The topological polar surface area (TPSA) is 58.3 Å². The molecule has 3 nitrogen and oxygen atoms in total. The second kappa shape index (κ2) is 6.51. The van der Waals surface area contributed by atoms with E-state index in [1.165, 1.54) is 0 Å². The van der Waals surface area contributed by atoms with Crippen LogP contribution in [0.4, 0.5) is 5.69 Å². The Morgan fingerprint density at radius 3 is 2.62 bits per heavy atom. The van der Waals surface area contributed by atoms with Crippen LogP contribution < -0.4 is 11.1 Å². The zero-order valence-corrected chi connectivity index (χ0v) is 10.1. The van der Waals surface area contributed by atoms with Crippen LogP contribution in [-0.4, -0.2) is 17.8 Å². The van der Waals surface area contributed by atoms with Gasteiger partial charge in [0.2, 0.25) is 0 Å². The zero-order valence-electron chi connectivity index (χ0n) is 10.1. The smallest absolute Gasteiger partial charge is 0.0667 e. The Morgan fingerprint density at radius 1 is 1.31 bits per heavy atom. The maximum absolute atomic E-state index is 9.67. The van der Waals surface area contributed by atoms with Crippen molar-refractivity contribution in [2.75, 3.05) is 12.3 Å². The Morgan fingerprint density at radius 2 is 2.00 bits per heavy atom. The Hall–Kier alpha value is -1.06. The first-order valence-electron chi connectivity index (χ1n) is 5.81. The number of anilines is 1. The molecule has 1 atom stereocenters. The molecular formula is C13H22N2O. The van der Waals surface area contributed by atoms with Crippen LogP contribution in [0.25, 0.3) is 0 Å². The molecule has 1 unspecified atom stereocenters. The number of aliphatic hydroxyl groups is 1. The number of para-hydroxylation sites is 1. The molecule has 1 rings (SSSR count). The van der Waals surface area contributed by atoms with E-state index in [1.807, 2.05) is 24.3 Å². The molecule has 0 aliphatic rings. The van der Waals surface area contributed by atoms with Crippen LogP contribution in [0.2, 0.25) is 0 Å². The molecule has 0 aromatic heterocycles. The van der Waals surface area contributed by atoms with Gasteiger partial charge in [-0.3, -0.25) is 0 Å². The number of aliphatic hydroxyl groups excluding tert-OH is 1. The molecule has 0 amide bonds. The van der Waals surface area contributed by atoms with Crippen LogP contribution in [0, 0.1) is 5.92 Å². The number of nitrogen functional groups attached to an aromatic ring is 1. The van der Waals surface area contributed by atoms with Crippen LogP contribution >= 0.6 is 0 Å². The van der Waals surface area contributed by atoms with Gasteiger partial charge in [-0.25, -0.2) is 0 Å². The van der Waals surface area contributed by atoms with Gasteiger partial charge in [-0.05, 0) is 24.0 Å². The first-order chi connectivity index (χ1) is 7.59. The summed E-state index contributed by atoms with van der Waals surface area (Å²) in [7, 11) is 0. The second-order valence-corrected chi connectivity index (χ2v) is 4.61. The molecule has 90 valence electrons. The lowest BCUT2D eigenvalue weighted by Gasteiger charge is -2.14. The maximum Gasteiger partial charge on any atom is 0.0667 e. The number of hydrogen-bond donors (Lipinski definition) is 3. The van der Waals surface area contributed by atoms with Crippen molar-refractivity contribution < 1.29 is 5.11 Å². The fourth-order valence-corrected chi connectivity index (χ4v) is 1.70. The lowest BCUT2D eigenvalue weighted by molar-refractivity contribution is 0.146. The highest BCUT2D eigenvalue weighted by molar-refractivity contribution is 5.46. The van der Waals surface area contributed by atoms with E-state index in [4.69, 9.17) is 5.73 Å². The van der Waals surface area contributed by atoms with Crippen molar-refractivity contribution in [1.29, 1.82) is 0 Å². The third-order valence-corrected chi connectivity index (χ3v) is 2.49. The Bertz CT molecular complexity index is 313. The van der Waals surface area contributed by atoms with E-state index in [9.17, 15) is 5.11 Å². The fraction of sp³-hybridized carbons (Fsp3) is 0.538. The van der Waals surface area contributed by atoms with Gasteiger partial charge in [0.25, 0.3) is 0 Å². The van der Waals surface area contributed by atoms with Crippen molar-refractivity contribution in [3.05, 3.63) is 29.8 Å². The van der Waals surface area contributed by atoms with Crippen molar-refractivity contribution in [3.8, 4) is 0 Å². The Balaban J connectivity index is 2.28. The first-order valence-corrected chi connectivity index (χ1v) is 5.81. The molecule has 4 N–H and O–H groups in total. The largest absolute Gasteiger partial charge is 0.398 e. The van der Waals surface area contributed by atoms with Crippen LogP contribution in [-0.2, 0) is 6.54 Å². The average Bonchev–Trinajstić information content (AvgIpc) is 2.19. The molecule has 3 heteroatoms. The summed E-state index contributed by atoms with van der Waals surface area (Å²) in [4.78, 5) is 0. The monoisotopic (exact) mass is 222 g/mol. The van der Waals surface area contributed by atoms with Crippen molar-refractivity contribution in [1.82, 2.24) is 5.32 Å². The predicted octanol–water partition coefficient (Wildman–Crippen LogP) is 1.77. The standard InChI is InChI=1S/C13H22N2O/c1-10(2)7-12(16)9-15-8-11-5-3-4-6-13(11)14/h3-6,10,12,15-16H,7-9,14H2,1-2H3. The molecule has 0 aliphatic heterocycles. The number of benzene rings is 1. The minimum absolute atomic E-state index is 0.273. The van der Waals surface area contributed by atoms with Crippen LogP contribution in [0.3, 0.4) is 0 Å². The average molecular weight is 222 g/mol. The molecule has 0 saturated heterocycles. The summed E-state index contributed by atoms with van der Waals surface area (Å²) in [5.41, 5.74) is 7.70. The quantitative estimate of drug-likeness (QED) is 0.643. The molecule has 1 aromatic carbocycles. The summed E-state index contributed by atoms with van der Waals surface area (Å²) in [6, 6.07) is 7.78. The van der Waals surface area contributed by atoms with E-state index in [0.717, 1.165) is 17.7 Å². The van der Waals surface area contributed by atoms with E-state index in [-0.39, 0.29) is 6.10 Å². The summed E-state index contributed by atoms with van der Waals surface area (Å²) >= 11 is 0. The van der Waals surface area contributed by atoms with Gasteiger partial charge in [0.05, 0.1) is 6.10 Å². The lowest BCUT2D eigenvalue weighted by atomic mass is 10.1. The minimum Gasteiger partial charge on any atom is -0.398 e. The highest BCUT2D eigenvalue weighted by Crippen LogP contribution is 2.10. The molecule has 0 aliphatic carbocycles. The van der Waals surface area contributed by atoms with Crippen LogP contribution in [0.5, 0.6) is 0 Å². The van der Waals surface area contributed by atoms with Gasteiger partial charge < -0.3 is 16.2 Å². The minimum atomic E-state index is -0.273. The molecule has 0 radical (unpaired) electrons. The molecule has 0 heterocycles. The third kappa shape index (κ3) is 4.64. The molecule has 1 aromatic rings. The van der Waals surface area contributed by atoms with E-state index in [2.05, 4.69) is 19.2 Å². The molecule has 0 bridgehead atoms. The van der Waals surface area contributed by atoms with Crippen molar-refractivity contribution >= 4 is 5.69 Å². The van der Waals surface area contributed by atoms with Gasteiger partial charge >= 0.3 is 0 Å². The second-order valence-electron chi connectivity index (χ2n) is 4.61. The van der Waals surface area contributed by atoms with Gasteiger partial charge in [0, 0.05) is 18.8 Å². The fourth-order valence-electron chi connectivity index (χ4n) is 1.70. The van der Waals surface area contributed by atoms with Crippen LogP contribution in [0.15, 0.2) is 24.3 Å². The van der Waals surface area contributed by atoms with Crippen molar-refractivity contribution in [2.24, 2.45) is 5.92 Å². The van der Waals surface area contributed by atoms with Gasteiger partial charge in [-0.15, -0.1) is 0 Å². The maximum atomic E-state index is 9.67. The van der Waals surface area contributed by atoms with E-state index in [0.29, 0.717) is 19.0 Å². The predicted molar refractivity (Wildman–Crippen MR) is 68.0 cm³/mol.